The van der Waals surface area contributed by atoms with Crippen LogP contribution >= 0.6 is 0 Å². The fourth-order valence-electron chi connectivity index (χ4n) is 2.23. The van der Waals surface area contributed by atoms with Crippen molar-refractivity contribution in [3.63, 3.8) is 0 Å². The highest BCUT2D eigenvalue weighted by atomic mass is 16.4. The summed E-state index contributed by atoms with van der Waals surface area (Å²) in [6.07, 6.45) is 0. The molecular weight excluding hydrogens is 254 g/mol. The number of likely N-dealkylation sites (N-methyl/N-ethyl adjacent to an activating group) is 1. The molecule has 0 amide bonds. The molecule has 0 heterocycles. The first-order chi connectivity index (χ1) is 9.60. The van der Waals surface area contributed by atoms with Gasteiger partial charge in [-0.15, -0.1) is 0 Å². The van der Waals surface area contributed by atoms with Gasteiger partial charge in [0, 0.05) is 29.7 Å². The predicted octanol–water partition coefficient (Wildman–Crippen LogP) is 1.75. The van der Waals surface area contributed by atoms with Crippen molar-refractivity contribution in [2.75, 3.05) is 18.6 Å². The van der Waals surface area contributed by atoms with Crippen molar-refractivity contribution in [2.24, 2.45) is 10.9 Å². The van der Waals surface area contributed by atoms with Gasteiger partial charge in [-0.25, -0.2) is 0 Å². The molecule has 4 N–H and O–H groups in total. The van der Waals surface area contributed by atoms with Gasteiger partial charge in [-0.3, -0.25) is 0 Å². The van der Waals surface area contributed by atoms with Gasteiger partial charge < -0.3 is 20.9 Å². The van der Waals surface area contributed by atoms with E-state index < -0.39 is 0 Å². The van der Waals surface area contributed by atoms with Crippen LogP contribution in [0.5, 0.6) is 0 Å². The Balaban J connectivity index is 2.66. The van der Waals surface area contributed by atoms with E-state index in [0.717, 1.165) is 16.5 Å². The van der Waals surface area contributed by atoms with Gasteiger partial charge in [0.1, 0.15) is 0 Å². The summed E-state index contributed by atoms with van der Waals surface area (Å²) >= 11 is 0. The summed E-state index contributed by atoms with van der Waals surface area (Å²) in [6, 6.07) is 11.5. The Labute approximate surface area is 117 Å². The minimum atomic E-state index is 0.00751. The highest BCUT2D eigenvalue weighted by Gasteiger charge is 2.14. The Morgan fingerprint density at radius 1 is 1.25 bits per heavy atom. The standard InChI is InChI=1S/C15H19N3O2/c1-10(9-19)18(2)14-8-7-13(15(16)17-20)11-5-3-4-6-12(11)14/h3-8,10,19-20H,9H2,1-2H3,(H2,16,17). The molecule has 1 unspecified atom stereocenters. The zero-order valence-electron chi connectivity index (χ0n) is 11.6. The third kappa shape index (κ3) is 2.40. The molecule has 2 aromatic carbocycles. The van der Waals surface area contributed by atoms with Crippen LogP contribution in [0.25, 0.3) is 10.8 Å². The molecule has 0 aromatic heterocycles. The van der Waals surface area contributed by atoms with Gasteiger partial charge in [0.05, 0.1) is 6.61 Å². The van der Waals surface area contributed by atoms with Gasteiger partial charge in [0.2, 0.25) is 0 Å². The number of aliphatic hydroxyl groups is 1. The van der Waals surface area contributed by atoms with Crippen molar-refractivity contribution in [3.05, 3.63) is 42.0 Å². The topological polar surface area (TPSA) is 82.1 Å². The van der Waals surface area contributed by atoms with E-state index in [1.165, 1.54) is 0 Å². The molecule has 5 nitrogen and oxygen atoms in total. The van der Waals surface area contributed by atoms with E-state index in [2.05, 4.69) is 5.16 Å². The molecule has 0 aliphatic carbocycles. The Hall–Kier alpha value is -2.27. The molecule has 0 aliphatic heterocycles. The van der Waals surface area contributed by atoms with Crippen LogP contribution in [0.1, 0.15) is 12.5 Å². The van der Waals surface area contributed by atoms with E-state index in [1.54, 1.807) is 0 Å². The molecule has 1 atom stereocenters. The molecule has 0 saturated carbocycles. The quantitative estimate of drug-likeness (QED) is 0.343. The summed E-state index contributed by atoms with van der Waals surface area (Å²) in [5.74, 6) is 0.0885. The maximum absolute atomic E-state index is 9.31. The van der Waals surface area contributed by atoms with Gasteiger partial charge in [0.25, 0.3) is 0 Å². The highest BCUT2D eigenvalue weighted by molar-refractivity contribution is 6.11. The number of aliphatic hydroxyl groups excluding tert-OH is 1. The summed E-state index contributed by atoms with van der Waals surface area (Å²) in [4.78, 5) is 2.01. The molecular formula is C15H19N3O2. The van der Waals surface area contributed by atoms with Crippen LogP contribution in [0.2, 0.25) is 0 Å². The maximum Gasteiger partial charge on any atom is 0.170 e. The molecule has 5 heteroatoms. The molecule has 0 saturated heterocycles. The fraction of sp³-hybridized carbons (Fsp3) is 0.267. The van der Waals surface area contributed by atoms with Crippen molar-refractivity contribution in [1.29, 1.82) is 0 Å². The molecule has 2 aromatic rings. The van der Waals surface area contributed by atoms with E-state index in [4.69, 9.17) is 10.9 Å². The maximum atomic E-state index is 9.31. The number of rotatable bonds is 4. The summed E-state index contributed by atoms with van der Waals surface area (Å²) < 4.78 is 0. The van der Waals surface area contributed by atoms with Crippen LogP contribution in [0.15, 0.2) is 41.6 Å². The van der Waals surface area contributed by atoms with Crippen molar-refractivity contribution in [1.82, 2.24) is 0 Å². The Bertz CT molecular complexity index is 640. The van der Waals surface area contributed by atoms with Crippen LogP contribution in [0.4, 0.5) is 5.69 Å². The lowest BCUT2D eigenvalue weighted by molar-refractivity contribution is 0.270. The number of hydrogen-bond acceptors (Lipinski definition) is 4. The fourth-order valence-corrected chi connectivity index (χ4v) is 2.23. The average molecular weight is 273 g/mol. The van der Waals surface area contributed by atoms with E-state index in [9.17, 15) is 5.11 Å². The van der Waals surface area contributed by atoms with Crippen molar-refractivity contribution in [2.45, 2.75) is 13.0 Å². The van der Waals surface area contributed by atoms with Gasteiger partial charge >= 0.3 is 0 Å². The van der Waals surface area contributed by atoms with Crippen LogP contribution in [0, 0.1) is 0 Å². The zero-order chi connectivity index (χ0) is 14.7. The summed E-state index contributed by atoms with van der Waals surface area (Å²) in [5.41, 5.74) is 7.41. The van der Waals surface area contributed by atoms with E-state index in [-0.39, 0.29) is 18.5 Å². The first kappa shape index (κ1) is 14.1. The molecule has 106 valence electrons. The second-order valence-electron chi connectivity index (χ2n) is 4.81. The van der Waals surface area contributed by atoms with E-state index in [0.29, 0.717) is 5.56 Å². The molecule has 2 rings (SSSR count). The number of benzene rings is 2. The van der Waals surface area contributed by atoms with Crippen LogP contribution in [-0.2, 0) is 0 Å². The molecule has 0 aliphatic rings. The number of amidine groups is 1. The third-order valence-electron chi connectivity index (χ3n) is 3.59. The normalized spacial score (nSPS) is 13.4. The number of nitrogens with zero attached hydrogens (tertiary/aromatic N) is 2. The van der Waals surface area contributed by atoms with Gasteiger partial charge in [-0.05, 0) is 24.4 Å². The Kier molecular flexibility index (Phi) is 4.10. The molecule has 0 radical (unpaired) electrons. The lowest BCUT2D eigenvalue weighted by Gasteiger charge is -2.27. The first-order valence-corrected chi connectivity index (χ1v) is 6.43. The number of hydrogen-bond donors (Lipinski definition) is 3. The van der Waals surface area contributed by atoms with Crippen LogP contribution < -0.4 is 10.6 Å². The number of nitrogens with two attached hydrogens (primary N) is 1. The van der Waals surface area contributed by atoms with Crippen molar-refractivity contribution < 1.29 is 10.3 Å². The summed E-state index contributed by atoms with van der Waals surface area (Å²) in [5, 5.41) is 23.2. The number of fused-ring (bicyclic) bond motifs is 1. The SMILES string of the molecule is CC(CO)N(C)c1ccc(/C(N)=N/O)c2ccccc12. The molecule has 0 spiro atoms. The van der Waals surface area contributed by atoms with Crippen molar-refractivity contribution in [3.8, 4) is 0 Å². The highest BCUT2D eigenvalue weighted by Crippen LogP contribution is 2.29. The largest absolute Gasteiger partial charge is 0.409 e. The van der Waals surface area contributed by atoms with E-state index in [1.807, 2.05) is 55.3 Å². The molecule has 0 fully saturated rings. The molecule has 0 bridgehead atoms. The van der Waals surface area contributed by atoms with Crippen LogP contribution in [0.3, 0.4) is 0 Å². The molecule has 20 heavy (non-hydrogen) atoms. The average Bonchev–Trinajstić information content (AvgIpc) is 2.51. The third-order valence-corrected chi connectivity index (χ3v) is 3.59. The predicted molar refractivity (Wildman–Crippen MR) is 81.4 cm³/mol. The first-order valence-electron chi connectivity index (χ1n) is 6.43. The van der Waals surface area contributed by atoms with Gasteiger partial charge in [0.15, 0.2) is 5.84 Å². The lowest BCUT2D eigenvalue weighted by atomic mass is 10.0. The minimum absolute atomic E-state index is 0.00751. The van der Waals surface area contributed by atoms with Gasteiger partial charge in [-0.1, -0.05) is 29.4 Å². The summed E-state index contributed by atoms with van der Waals surface area (Å²) in [6.45, 7) is 2.03. The van der Waals surface area contributed by atoms with E-state index >= 15 is 0 Å². The lowest BCUT2D eigenvalue weighted by Crippen LogP contribution is -2.32. The second-order valence-corrected chi connectivity index (χ2v) is 4.81. The number of oxime groups is 1. The zero-order valence-corrected chi connectivity index (χ0v) is 11.6. The van der Waals surface area contributed by atoms with Crippen molar-refractivity contribution >= 4 is 22.3 Å². The Morgan fingerprint density at radius 3 is 2.50 bits per heavy atom. The monoisotopic (exact) mass is 273 g/mol. The number of anilines is 1. The Morgan fingerprint density at radius 2 is 1.90 bits per heavy atom. The van der Waals surface area contributed by atoms with Gasteiger partial charge in [-0.2, -0.15) is 0 Å². The summed E-state index contributed by atoms with van der Waals surface area (Å²) in [7, 11) is 1.94. The van der Waals surface area contributed by atoms with Crippen LogP contribution in [-0.4, -0.2) is 35.8 Å². The smallest absolute Gasteiger partial charge is 0.170 e. The minimum Gasteiger partial charge on any atom is -0.409 e. The second kappa shape index (κ2) is 5.79.